The number of benzene rings is 1. The summed E-state index contributed by atoms with van der Waals surface area (Å²) in [5.41, 5.74) is 4.04. The Bertz CT molecular complexity index is 1380. The minimum atomic E-state index is -0.698. The highest BCUT2D eigenvalue weighted by molar-refractivity contribution is 6.00. The van der Waals surface area contributed by atoms with Crippen LogP contribution in [0.3, 0.4) is 0 Å². The van der Waals surface area contributed by atoms with Crippen LogP contribution in [0.15, 0.2) is 61.6 Å². The number of anilines is 1. The van der Waals surface area contributed by atoms with Crippen LogP contribution in [0.4, 0.5) is 5.69 Å². The van der Waals surface area contributed by atoms with E-state index in [-0.39, 0.29) is 5.91 Å². The monoisotopic (exact) mass is 397 g/mol. The van der Waals surface area contributed by atoms with Crippen molar-refractivity contribution in [3.05, 3.63) is 67.1 Å². The maximum Gasteiger partial charge on any atom is 0.254 e. The molecule has 0 spiro atoms. The number of aliphatic hydroxyl groups is 1. The molecule has 30 heavy (non-hydrogen) atoms. The van der Waals surface area contributed by atoms with Gasteiger partial charge in [-0.3, -0.25) is 9.36 Å². The van der Waals surface area contributed by atoms with Crippen LogP contribution in [0.1, 0.15) is 17.3 Å². The third-order valence-electron chi connectivity index (χ3n) is 5.56. The van der Waals surface area contributed by atoms with Gasteiger partial charge in [0.1, 0.15) is 6.07 Å². The Morgan fingerprint density at radius 3 is 2.83 bits per heavy atom. The molecular formula is C23H19N5O2. The molecule has 1 saturated heterocycles. The molecule has 5 rings (SSSR count). The molecular weight excluding hydrogens is 378 g/mol. The molecule has 1 aliphatic heterocycles. The van der Waals surface area contributed by atoms with E-state index in [9.17, 15) is 15.2 Å². The average molecular weight is 397 g/mol. The molecule has 1 N–H and O–H groups in total. The van der Waals surface area contributed by atoms with Crippen molar-refractivity contribution in [1.29, 1.82) is 5.26 Å². The van der Waals surface area contributed by atoms with Crippen LogP contribution in [0.5, 0.6) is 0 Å². The normalized spacial score (nSPS) is 15.2. The number of aromatic nitrogens is 3. The van der Waals surface area contributed by atoms with E-state index in [4.69, 9.17) is 0 Å². The topological polar surface area (TPSA) is 86.6 Å². The fourth-order valence-corrected chi connectivity index (χ4v) is 4.14. The Kier molecular flexibility index (Phi) is 3.82. The van der Waals surface area contributed by atoms with Crippen LogP contribution in [-0.4, -0.2) is 43.9 Å². The van der Waals surface area contributed by atoms with Gasteiger partial charge in [-0.1, -0.05) is 12.6 Å². The summed E-state index contributed by atoms with van der Waals surface area (Å²) in [5.74, 6) is -0.186. The van der Waals surface area contributed by atoms with Gasteiger partial charge in [0.05, 0.1) is 40.3 Å². The van der Waals surface area contributed by atoms with Gasteiger partial charge in [0, 0.05) is 30.2 Å². The first-order valence-corrected chi connectivity index (χ1v) is 9.57. The minimum Gasteiger partial charge on any atom is -0.386 e. The molecule has 1 aliphatic rings. The Morgan fingerprint density at radius 2 is 2.13 bits per heavy atom. The van der Waals surface area contributed by atoms with Gasteiger partial charge in [-0.15, -0.1) is 0 Å². The SMILES string of the molecule is C=CC(=O)n1ccc2cc(-c3cc(N4CC(C)(O)C4)cn4ncc(C#N)c34)ccc21. The van der Waals surface area contributed by atoms with Crippen LogP contribution in [0.2, 0.25) is 0 Å². The summed E-state index contributed by atoms with van der Waals surface area (Å²) in [6.07, 6.45) is 6.46. The van der Waals surface area contributed by atoms with E-state index >= 15 is 0 Å². The predicted molar refractivity (Wildman–Crippen MR) is 114 cm³/mol. The van der Waals surface area contributed by atoms with Crippen LogP contribution in [-0.2, 0) is 0 Å². The second kappa shape index (κ2) is 6.31. The van der Waals surface area contributed by atoms with Crippen molar-refractivity contribution in [3.63, 3.8) is 0 Å². The molecule has 7 nitrogen and oxygen atoms in total. The molecule has 0 bridgehead atoms. The lowest BCUT2D eigenvalue weighted by atomic mass is 9.95. The summed E-state index contributed by atoms with van der Waals surface area (Å²) >= 11 is 0. The molecule has 1 fully saturated rings. The predicted octanol–water partition coefficient (Wildman–Crippen LogP) is 3.22. The lowest BCUT2D eigenvalue weighted by Gasteiger charge is -2.45. The molecule has 3 aromatic heterocycles. The zero-order valence-corrected chi connectivity index (χ0v) is 16.4. The van der Waals surface area contributed by atoms with Crippen molar-refractivity contribution in [2.45, 2.75) is 12.5 Å². The van der Waals surface area contributed by atoms with E-state index in [0.717, 1.165) is 33.2 Å². The summed E-state index contributed by atoms with van der Waals surface area (Å²) in [7, 11) is 0. The molecule has 0 unspecified atom stereocenters. The first-order chi connectivity index (χ1) is 14.4. The lowest BCUT2D eigenvalue weighted by molar-refractivity contribution is 0.0310. The number of carbonyl (C=O) groups excluding carboxylic acids is 1. The lowest BCUT2D eigenvalue weighted by Crippen LogP contribution is -2.60. The van der Waals surface area contributed by atoms with E-state index in [0.29, 0.717) is 18.7 Å². The van der Waals surface area contributed by atoms with E-state index in [1.165, 1.54) is 6.08 Å². The third-order valence-corrected chi connectivity index (χ3v) is 5.56. The van der Waals surface area contributed by atoms with Gasteiger partial charge < -0.3 is 10.0 Å². The fraction of sp³-hybridized carbons (Fsp3) is 0.174. The number of rotatable bonds is 3. The standard InChI is InChI=1S/C23H19N5O2/c1-3-21(29)27-7-6-16-8-15(4-5-20(16)27)19-9-18(26-13-23(2,30)14-26)12-28-22(19)17(10-24)11-25-28/h3-9,11-12,30H,1,13-14H2,2H3. The Labute approximate surface area is 172 Å². The number of β-amino-alcohol motifs (C(OH)–C–C–N with tert-alkyl or cyclic N) is 1. The van der Waals surface area contributed by atoms with Crippen LogP contribution in [0, 0.1) is 11.3 Å². The number of fused-ring (bicyclic) bond motifs is 2. The Hall–Kier alpha value is -3.89. The number of pyridine rings is 1. The Balaban J connectivity index is 1.69. The van der Waals surface area contributed by atoms with Gasteiger partial charge in [0.25, 0.3) is 5.91 Å². The molecule has 0 radical (unpaired) electrons. The van der Waals surface area contributed by atoms with E-state index < -0.39 is 5.60 Å². The molecule has 4 aromatic rings. The van der Waals surface area contributed by atoms with Gasteiger partial charge in [-0.2, -0.15) is 10.4 Å². The first-order valence-electron chi connectivity index (χ1n) is 9.57. The summed E-state index contributed by atoms with van der Waals surface area (Å²) in [6, 6.07) is 12.0. The minimum absolute atomic E-state index is 0.186. The molecule has 0 saturated carbocycles. The number of nitriles is 1. The Morgan fingerprint density at radius 1 is 1.33 bits per heavy atom. The van der Waals surface area contributed by atoms with Gasteiger partial charge in [-0.05, 0) is 42.8 Å². The summed E-state index contributed by atoms with van der Waals surface area (Å²) in [5, 5.41) is 25.0. The van der Waals surface area contributed by atoms with Gasteiger partial charge in [0.2, 0.25) is 0 Å². The average Bonchev–Trinajstić information content (AvgIpc) is 3.34. The maximum atomic E-state index is 12.0. The molecule has 0 amide bonds. The van der Waals surface area contributed by atoms with E-state index in [2.05, 4.69) is 22.6 Å². The van der Waals surface area contributed by atoms with Crippen LogP contribution < -0.4 is 4.90 Å². The van der Waals surface area contributed by atoms with Crippen molar-refractivity contribution >= 4 is 28.0 Å². The number of nitrogens with zero attached hydrogens (tertiary/aromatic N) is 5. The smallest absolute Gasteiger partial charge is 0.254 e. The fourth-order valence-electron chi connectivity index (χ4n) is 4.14. The van der Waals surface area contributed by atoms with Gasteiger partial charge in [0.15, 0.2) is 0 Å². The summed E-state index contributed by atoms with van der Waals surface area (Å²) in [6.45, 7) is 6.44. The quantitative estimate of drug-likeness (QED) is 0.537. The molecule has 1 aromatic carbocycles. The summed E-state index contributed by atoms with van der Waals surface area (Å²) < 4.78 is 3.27. The van der Waals surface area contributed by atoms with Gasteiger partial charge >= 0.3 is 0 Å². The van der Waals surface area contributed by atoms with Crippen LogP contribution in [0.25, 0.3) is 27.5 Å². The highest BCUT2D eigenvalue weighted by Crippen LogP contribution is 2.35. The zero-order valence-electron chi connectivity index (χ0n) is 16.4. The van der Waals surface area contributed by atoms with Crippen molar-refractivity contribution < 1.29 is 9.90 Å². The highest BCUT2D eigenvalue weighted by atomic mass is 16.3. The third kappa shape index (κ3) is 2.70. The van der Waals surface area contributed by atoms with Crippen molar-refractivity contribution in [2.24, 2.45) is 0 Å². The van der Waals surface area contributed by atoms with Gasteiger partial charge in [-0.25, -0.2) is 4.52 Å². The number of allylic oxidation sites excluding steroid dienone is 1. The molecule has 0 atom stereocenters. The molecule has 148 valence electrons. The van der Waals surface area contributed by atoms with E-state index in [1.807, 2.05) is 43.5 Å². The second-order valence-electron chi connectivity index (χ2n) is 7.93. The summed E-state index contributed by atoms with van der Waals surface area (Å²) in [4.78, 5) is 14.1. The largest absolute Gasteiger partial charge is 0.386 e. The molecule has 4 heterocycles. The maximum absolute atomic E-state index is 12.0. The zero-order chi connectivity index (χ0) is 21.0. The van der Waals surface area contributed by atoms with Crippen molar-refractivity contribution in [1.82, 2.24) is 14.2 Å². The highest BCUT2D eigenvalue weighted by Gasteiger charge is 2.37. The first kappa shape index (κ1) is 18.2. The second-order valence-corrected chi connectivity index (χ2v) is 7.93. The molecule has 0 aliphatic carbocycles. The number of hydrogen-bond acceptors (Lipinski definition) is 5. The van der Waals surface area contributed by atoms with Crippen molar-refractivity contribution in [2.75, 3.05) is 18.0 Å². The van der Waals surface area contributed by atoms with Crippen molar-refractivity contribution in [3.8, 4) is 17.2 Å². The number of carbonyl (C=O) groups is 1. The molecule has 7 heteroatoms. The van der Waals surface area contributed by atoms with E-state index in [1.54, 1.807) is 21.5 Å². The van der Waals surface area contributed by atoms with Crippen LogP contribution >= 0.6 is 0 Å². The number of hydrogen-bond donors (Lipinski definition) is 1.